The molecule has 0 bridgehead atoms. The molecule has 0 spiro atoms. The number of aryl methyl sites for hydroxylation is 1. The van der Waals surface area contributed by atoms with Gasteiger partial charge in [0.2, 0.25) is 5.88 Å². The second-order valence-electron chi connectivity index (χ2n) is 7.31. The van der Waals surface area contributed by atoms with Crippen molar-refractivity contribution in [3.63, 3.8) is 0 Å². The smallest absolute Gasteiger partial charge is 0.344 e. The fourth-order valence-electron chi connectivity index (χ4n) is 3.53. The molecule has 3 heterocycles. The lowest BCUT2D eigenvalue weighted by molar-refractivity contribution is 0.0480. The number of furan rings is 1. The van der Waals surface area contributed by atoms with E-state index in [1.54, 1.807) is 36.6 Å². The van der Waals surface area contributed by atoms with Gasteiger partial charge in [0.25, 0.3) is 5.91 Å². The van der Waals surface area contributed by atoms with Crippen LogP contribution in [0.5, 0.6) is 0 Å². The summed E-state index contributed by atoms with van der Waals surface area (Å²) in [5.74, 6) is -2.12. The second-order valence-corrected chi connectivity index (χ2v) is 7.31. The van der Waals surface area contributed by atoms with Crippen LogP contribution in [0, 0.1) is 6.92 Å². The molecule has 1 amide bonds. The van der Waals surface area contributed by atoms with Gasteiger partial charge in [-0.3, -0.25) is 10.1 Å². The molecule has 0 saturated carbocycles. The molecule has 0 radical (unpaired) electrons. The first-order valence-corrected chi connectivity index (χ1v) is 10.8. The number of fused-ring (bicyclic) bond motifs is 1. The highest BCUT2D eigenvalue weighted by atomic mass is 16.5. The average Bonchev–Trinajstić information content (AvgIpc) is 3.40. The van der Waals surface area contributed by atoms with Crippen LogP contribution in [0.15, 0.2) is 59.3 Å². The Morgan fingerprint density at radius 1 is 1.00 bits per heavy atom. The molecular formula is C25H23N3O6. The van der Waals surface area contributed by atoms with Crippen molar-refractivity contribution in [2.45, 2.75) is 20.8 Å². The molecule has 9 nitrogen and oxygen atoms in total. The van der Waals surface area contributed by atoms with Gasteiger partial charge in [-0.15, -0.1) is 0 Å². The minimum atomic E-state index is -0.797. The third kappa shape index (κ3) is 4.40. The largest absolute Gasteiger partial charge is 0.462 e. The summed E-state index contributed by atoms with van der Waals surface area (Å²) in [5, 5.41) is 2.58. The summed E-state index contributed by atoms with van der Waals surface area (Å²) in [5.41, 5.74) is 2.32. The summed E-state index contributed by atoms with van der Waals surface area (Å²) in [7, 11) is 0. The Morgan fingerprint density at radius 2 is 1.68 bits per heavy atom. The van der Waals surface area contributed by atoms with E-state index in [-0.39, 0.29) is 36.0 Å². The first kappa shape index (κ1) is 22.8. The zero-order chi connectivity index (χ0) is 24.2. The van der Waals surface area contributed by atoms with Crippen molar-refractivity contribution in [1.29, 1.82) is 0 Å². The number of pyridine rings is 1. The number of esters is 2. The highest BCUT2D eigenvalue weighted by Crippen LogP contribution is 2.29. The second kappa shape index (κ2) is 9.62. The molecule has 0 aliphatic rings. The third-order valence-electron chi connectivity index (χ3n) is 5.06. The number of anilines is 1. The number of carbonyl (C=O) groups excluding carboxylic acids is 3. The normalized spacial score (nSPS) is 10.8. The molecule has 0 saturated heterocycles. The van der Waals surface area contributed by atoms with Gasteiger partial charge >= 0.3 is 11.9 Å². The van der Waals surface area contributed by atoms with Crippen LogP contribution in [0.25, 0.3) is 16.9 Å². The molecule has 0 atom stereocenters. The number of hydrogen-bond acceptors (Lipinski definition) is 7. The molecule has 34 heavy (non-hydrogen) atoms. The predicted octanol–water partition coefficient (Wildman–Crippen LogP) is 4.51. The topological polar surface area (TPSA) is 112 Å². The van der Waals surface area contributed by atoms with Gasteiger partial charge in [0.1, 0.15) is 22.5 Å². The van der Waals surface area contributed by atoms with Crippen molar-refractivity contribution in [1.82, 2.24) is 9.38 Å². The molecule has 1 N–H and O–H groups in total. The lowest BCUT2D eigenvalue weighted by atomic mass is 10.1. The van der Waals surface area contributed by atoms with Crippen LogP contribution in [0.1, 0.15) is 50.7 Å². The Kier molecular flexibility index (Phi) is 6.44. The van der Waals surface area contributed by atoms with Crippen molar-refractivity contribution >= 4 is 29.4 Å². The summed E-state index contributed by atoms with van der Waals surface area (Å²) in [4.78, 5) is 42.6. The van der Waals surface area contributed by atoms with Crippen molar-refractivity contribution in [2.24, 2.45) is 0 Å². The van der Waals surface area contributed by atoms with E-state index >= 15 is 0 Å². The van der Waals surface area contributed by atoms with E-state index in [0.29, 0.717) is 11.2 Å². The molecule has 4 rings (SSSR count). The van der Waals surface area contributed by atoms with Crippen LogP contribution in [0.4, 0.5) is 5.88 Å². The maximum atomic E-state index is 13.0. The van der Waals surface area contributed by atoms with Crippen LogP contribution in [-0.2, 0) is 9.47 Å². The fourth-order valence-corrected chi connectivity index (χ4v) is 3.53. The maximum Gasteiger partial charge on any atom is 0.344 e. The molecule has 0 aliphatic carbocycles. The van der Waals surface area contributed by atoms with Crippen LogP contribution >= 0.6 is 0 Å². The molecule has 3 aromatic heterocycles. The molecule has 4 aromatic rings. The van der Waals surface area contributed by atoms with E-state index in [9.17, 15) is 14.4 Å². The Bertz CT molecular complexity index is 1370. The molecule has 0 fully saturated rings. The van der Waals surface area contributed by atoms with Crippen LogP contribution in [0.2, 0.25) is 0 Å². The molecule has 0 unspecified atom stereocenters. The molecule has 0 aliphatic heterocycles. The number of aromatic nitrogens is 2. The maximum absolute atomic E-state index is 13.0. The lowest BCUT2D eigenvalue weighted by Gasteiger charge is -2.07. The molecular weight excluding hydrogens is 438 g/mol. The number of imidazole rings is 1. The fraction of sp³-hybridized carbons (Fsp3) is 0.200. The number of amides is 1. The summed E-state index contributed by atoms with van der Waals surface area (Å²) in [6.07, 6.45) is 3.58. The van der Waals surface area contributed by atoms with Gasteiger partial charge in [0.05, 0.1) is 18.9 Å². The number of carbonyl (C=O) groups is 3. The SMILES string of the molecule is CCOC(=O)c1c(C)oc(NC(=O)c2ccn3cc(-c4ccccc4)nc3c2)c1C(=O)OCC. The first-order valence-electron chi connectivity index (χ1n) is 10.8. The number of hydrogen-bond donors (Lipinski definition) is 1. The van der Waals surface area contributed by atoms with E-state index in [4.69, 9.17) is 13.9 Å². The molecule has 174 valence electrons. The minimum absolute atomic E-state index is 0.0770. The van der Waals surface area contributed by atoms with Crippen molar-refractivity contribution < 1.29 is 28.3 Å². The van der Waals surface area contributed by atoms with Gasteiger partial charge < -0.3 is 18.3 Å². The third-order valence-corrected chi connectivity index (χ3v) is 5.06. The Labute approximate surface area is 195 Å². The quantitative estimate of drug-likeness (QED) is 0.403. The zero-order valence-corrected chi connectivity index (χ0v) is 19.0. The van der Waals surface area contributed by atoms with Gasteiger partial charge in [0, 0.05) is 23.5 Å². The van der Waals surface area contributed by atoms with Gasteiger partial charge in [0.15, 0.2) is 0 Å². The lowest BCUT2D eigenvalue weighted by Crippen LogP contribution is -2.17. The summed E-state index contributed by atoms with van der Waals surface area (Å²) in [6, 6.07) is 12.9. The predicted molar refractivity (Wildman–Crippen MR) is 124 cm³/mol. The Morgan fingerprint density at radius 3 is 2.35 bits per heavy atom. The monoisotopic (exact) mass is 461 g/mol. The van der Waals surface area contributed by atoms with Gasteiger partial charge in [-0.2, -0.15) is 0 Å². The standard InChI is InChI=1S/C25H23N3O6/c1-4-32-24(30)20-15(3)34-23(21(20)25(31)33-5-2)27-22(29)17-11-12-28-14-18(26-19(28)13-17)16-9-7-6-8-10-16/h6-14H,4-5H2,1-3H3,(H,27,29). The Balaban J connectivity index is 1.66. The summed E-state index contributed by atoms with van der Waals surface area (Å²) < 4.78 is 17.5. The van der Waals surface area contributed by atoms with E-state index in [2.05, 4.69) is 10.3 Å². The molecule has 1 aromatic carbocycles. The summed E-state index contributed by atoms with van der Waals surface area (Å²) >= 11 is 0. The van der Waals surface area contributed by atoms with Gasteiger partial charge in [-0.25, -0.2) is 14.6 Å². The first-order chi connectivity index (χ1) is 16.4. The van der Waals surface area contributed by atoms with Crippen LogP contribution in [0.3, 0.4) is 0 Å². The number of rotatable bonds is 7. The van der Waals surface area contributed by atoms with E-state index in [1.807, 2.05) is 36.5 Å². The molecule has 9 heteroatoms. The zero-order valence-electron chi connectivity index (χ0n) is 19.0. The van der Waals surface area contributed by atoms with Crippen molar-refractivity contribution in [2.75, 3.05) is 18.5 Å². The summed E-state index contributed by atoms with van der Waals surface area (Å²) in [6.45, 7) is 4.99. The highest BCUT2D eigenvalue weighted by molar-refractivity contribution is 6.11. The van der Waals surface area contributed by atoms with Crippen molar-refractivity contribution in [3.05, 3.63) is 77.3 Å². The minimum Gasteiger partial charge on any atom is -0.462 e. The number of ether oxygens (including phenoxy) is 2. The Hall–Kier alpha value is -4.40. The van der Waals surface area contributed by atoms with Crippen LogP contribution in [-0.4, -0.2) is 40.4 Å². The highest BCUT2D eigenvalue weighted by Gasteiger charge is 2.31. The number of nitrogens with zero attached hydrogens (tertiary/aromatic N) is 2. The average molecular weight is 461 g/mol. The van der Waals surface area contributed by atoms with Crippen molar-refractivity contribution in [3.8, 4) is 11.3 Å². The van der Waals surface area contributed by atoms with E-state index in [1.165, 1.54) is 6.92 Å². The number of benzene rings is 1. The van der Waals surface area contributed by atoms with Gasteiger partial charge in [-0.1, -0.05) is 30.3 Å². The van der Waals surface area contributed by atoms with E-state index < -0.39 is 17.8 Å². The van der Waals surface area contributed by atoms with Crippen LogP contribution < -0.4 is 5.32 Å². The van der Waals surface area contributed by atoms with Gasteiger partial charge in [-0.05, 0) is 32.9 Å². The number of nitrogens with one attached hydrogen (secondary N) is 1. The van der Waals surface area contributed by atoms with E-state index in [0.717, 1.165) is 11.3 Å².